The minimum absolute atomic E-state index is 0.105. The quantitative estimate of drug-likeness (QED) is 0.863. The van der Waals surface area contributed by atoms with E-state index in [1.54, 1.807) is 6.33 Å². The Morgan fingerprint density at radius 1 is 1.40 bits per heavy atom. The number of nitrogen functional groups attached to an aromatic ring is 1. The van der Waals surface area contributed by atoms with Crippen LogP contribution in [0.3, 0.4) is 0 Å². The first-order valence-corrected chi connectivity index (χ1v) is 6.88. The number of ether oxygens (including phenoxy) is 2. The van der Waals surface area contributed by atoms with E-state index in [-0.39, 0.29) is 12.2 Å². The second-order valence-corrected chi connectivity index (χ2v) is 5.23. The van der Waals surface area contributed by atoms with E-state index >= 15 is 0 Å². The maximum atomic E-state index is 6.11. The Bertz CT molecular complexity index is 609. The molecule has 0 spiro atoms. The first-order valence-electron chi connectivity index (χ1n) is 6.50. The van der Waals surface area contributed by atoms with Gasteiger partial charge < -0.3 is 19.8 Å². The summed E-state index contributed by atoms with van der Waals surface area (Å²) in [6, 6.07) is 0. The molecule has 0 bridgehead atoms. The van der Waals surface area contributed by atoms with Crippen LogP contribution in [0.15, 0.2) is 6.33 Å². The molecule has 8 heteroatoms. The van der Waals surface area contributed by atoms with Crippen LogP contribution in [-0.4, -0.2) is 39.0 Å². The number of fused-ring (bicyclic) bond motifs is 1. The first-order chi connectivity index (χ1) is 9.63. The summed E-state index contributed by atoms with van der Waals surface area (Å²) in [5.41, 5.74) is 6.78. The van der Waals surface area contributed by atoms with Crippen LogP contribution < -0.4 is 5.73 Å². The van der Waals surface area contributed by atoms with Gasteiger partial charge in [-0.15, -0.1) is 0 Å². The number of halogens is 1. The number of aromatic nitrogens is 4. The molecule has 3 heterocycles. The van der Waals surface area contributed by atoms with Crippen molar-refractivity contribution in [1.29, 1.82) is 0 Å². The molecule has 2 N–H and O–H groups in total. The molecule has 2 aromatic rings. The van der Waals surface area contributed by atoms with Gasteiger partial charge in [0.2, 0.25) is 5.95 Å². The molecule has 1 fully saturated rings. The highest BCUT2D eigenvalue weighted by Gasteiger charge is 2.19. The van der Waals surface area contributed by atoms with E-state index in [1.165, 1.54) is 0 Å². The Hall–Kier alpha value is -1.44. The fraction of sp³-hybridized carbons (Fsp3) is 0.583. The number of aryl methyl sites for hydroxylation is 1. The zero-order valence-corrected chi connectivity index (χ0v) is 11.9. The summed E-state index contributed by atoms with van der Waals surface area (Å²) in [5.74, 6) is 0.507. The van der Waals surface area contributed by atoms with E-state index in [2.05, 4.69) is 15.0 Å². The third kappa shape index (κ3) is 2.70. The zero-order valence-electron chi connectivity index (χ0n) is 11.1. The molecule has 7 nitrogen and oxygen atoms in total. The van der Waals surface area contributed by atoms with Crippen LogP contribution in [-0.2, 0) is 16.0 Å². The lowest BCUT2D eigenvalue weighted by Gasteiger charge is -2.27. The van der Waals surface area contributed by atoms with Gasteiger partial charge in [-0.1, -0.05) is 11.6 Å². The molecule has 0 atom stereocenters. The van der Waals surface area contributed by atoms with E-state index in [9.17, 15) is 0 Å². The van der Waals surface area contributed by atoms with Gasteiger partial charge in [0.05, 0.1) is 19.5 Å². The molecular formula is C12H16ClN5O2. The van der Waals surface area contributed by atoms with Crippen LogP contribution in [0.1, 0.15) is 13.3 Å². The number of rotatable bonds is 3. The van der Waals surface area contributed by atoms with E-state index in [4.69, 9.17) is 26.8 Å². The molecule has 20 heavy (non-hydrogen) atoms. The van der Waals surface area contributed by atoms with Crippen molar-refractivity contribution in [2.75, 3.05) is 18.9 Å². The minimum atomic E-state index is -0.105. The van der Waals surface area contributed by atoms with Gasteiger partial charge in [0.15, 0.2) is 17.1 Å². The summed E-state index contributed by atoms with van der Waals surface area (Å²) in [4.78, 5) is 12.2. The molecular weight excluding hydrogens is 282 g/mol. The van der Waals surface area contributed by atoms with Gasteiger partial charge in [-0.2, -0.15) is 9.97 Å². The molecule has 0 aliphatic carbocycles. The third-order valence-corrected chi connectivity index (χ3v) is 3.62. The van der Waals surface area contributed by atoms with E-state index in [1.807, 2.05) is 11.5 Å². The standard InChI is InChI=1S/C12H16ClN5O2/c1-7-19-4-8(5-20-7)2-3-18-6-15-11-9(18)10(13)16-12(14)17-11/h6-8H,2-5H2,1H3,(H2,14,16,17). The van der Waals surface area contributed by atoms with Crippen molar-refractivity contribution >= 4 is 28.7 Å². The molecule has 0 radical (unpaired) electrons. The van der Waals surface area contributed by atoms with Gasteiger partial charge in [-0.25, -0.2) is 4.98 Å². The van der Waals surface area contributed by atoms with Crippen molar-refractivity contribution in [2.45, 2.75) is 26.2 Å². The molecule has 1 aliphatic heterocycles. The zero-order chi connectivity index (χ0) is 14.1. The minimum Gasteiger partial charge on any atom is -0.368 e. The summed E-state index contributed by atoms with van der Waals surface area (Å²) in [7, 11) is 0. The lowest BCUT2D eigenvalue weighted by Crippen LogP contribution is -2.30. The molecule has 0 saturated carbocycles. The second kappa shape index (κ2) is 5.51. The van der Waals surface area contributed by atoms with Crippen LogP contribution >= 0.6 is 11.6 Å². The predicted octanol–water partition coefficient (Wildman–Crippen LogP) is 1.46. The average Bonchev–Trinajstić information content (AvgIpc) is 2.81. The maximum Gasteiger partial charge on any atom is 0.223 e. The summed E-state index contributed by atoms with van der Waals surface area (Å²) in [6.45, 7) is 4.09. The number of hydrogen-bond donors (Lipinski definition) is 1. The lowest BCUT2D eigenvalue weighted by molar-refractivity contribution is -0.191. The van der Waals surface area contributed by atoms with E-state index < -0.39 is 0 Å². The molecule has 1 aliphatic rings. The normalized spacial score (nSPS) is 23.3. The van der Waals surface area contributed by atoms with Crippen molar-refractivity contribution in [3.63, 3.8) is 0 Å². The lowest BCUT2D eigenvalue weighted by atomic mass is 10.1. The van der Waals surface area contributed by atoms with Gasteiger partial charge in [0, 0.05) is 12.5 Å². The molecule has 0 unspecified atom stereocenters. The summed E-state index contributed by atoms with van der Waals surface area (Å²) in [6.07, 6.45) is 2.52. The Labute approximate surface area is 121 Å². The monoisotopic (exact) mass is 297 g/mol. The predicted molar refractivity (Wildman–Crippen MR) is 74.2 cm³/mol. The molecule has 2 aromatic heterocycles. The smallest absolute Gasteiger partial charge is 0.223 e. The second-order valence-electron chi connectivity index (χ2n) is 4.87. The van der Waals surface area contributed by atoms with Crippen molar-refractivity contribution in [2.24, 2.45) is 5.92 Å². The van der Waals surface area contributed by atoms with Crippen molar-refractivity contribution in [3.05, 3.63) is 11.5 Å². The Morgan fingerprint density at radius 2 is 2.15 bits per heavy atom. The maximum absolute atomic E-state index is 6.11. The Balaban J connectivity index is 1.72. The topological polar surface area (TPSA) is 88.1 Å². The molecule has 1 saturated heterocycles. The Morgan fingerprint density at radius 3 is 2.90 bits per heavy atom. The van der Waals surface area contributed by atoms with Crippen LogP contribution in [0.4, 0.5) is 5.95 Å². The van der Waals surface area contributed by atoms with Crippen LogP contribution in [0.5, 0.6) is 0 Å². The highest BCUT2D eigenvalue weighted by atomic mass is 35.5. The van der Waals surface area contributed by atoms with Crippen molar-refractivity contribution in [1.82, 2.24) is 19.5 Å². The molecule has 0 amide bonds. The number of nitrogens with zero attached hydrogens (tertiary/aromatic N) is 4. The van der Waals surface area contributed by atoms with Crippen LogP contribution in [0.2, 0.25) is 5.15 Å². The largest absolute Gasteiger partial charge is 0.368 e. The van der Waals surface area contributed by atoms with E-state index in [0.29, 0.717) is 35.4 Å². The molecule has 108 valence electrons. The van der Waals surface area contributed by atoms with Gasteiger partial charge in [0.25, 0.3) is 0 Å². The Kier molecular flexibility index (Phi) is 3.73. The summed E-state index contributed by atoms with van der Waals surface area (Å²) < 4.78 is 12.9. The summed E-state index contributed by atoms with van der Waals surface area (Å²) >= 11 is 6.11. The van der Waals surface area contributed by atoms with Gasteiger partial charge in [-0.3, -0.25) is 0 Å². The number of imidazole rings is 1. The van der Waals surface area contributed by atoms with Crippen LogP contribution in [0.25, 0.3) is 11.2 Å². The van der Waals surface area contributed by atoms with E-state index in [0.717, 1.165) is 13.0 Å². The number of nitrogens with two attached hydrogens (primary N) is 1. The molecule has 3 rings (SSSR count). The van der Waals surface area contributed by atoms with Gasteiger partial charge >= 0.3 is 0 Å². The van der Waals surface area contributed by atoms with Crippen LogP contribution in [0, 0.1) is 5.92 Å². The fourth-order valence-electron chi connectivity index (χ4n) is 2.25. The number of anilines is 1. The SMILES string of the molecule is CC1OCC(CCn2cnc3nc(N)nc(Cl)c32)CO1. The van der Waals surface area contributed by atoms with Crippen molar-refractivity contribution in [3.8, 4) is 0 Å². The van der Waals surface area contributed by atoms with Crippen molar-refractivity contribution < 1.29 is 9.47 Å². The molecule has 0 aromatic carbocycles. The fourth-order valence-corrected chi connectivity index (χ4v) is 2.53. The highest BCUT2D eigenvalue weighted by molar-refractivity contribution is 6.33. The number of hydrogen-bond acceptors (Lipinski definition) is 6. The van der Waals surface area contributed by atoms with Gasteiger partial charge in [-0.05, 0) is 13.3 Å². The average molecular weight is 298 g/mol. The first kappa shape index (κ1) is 13.5. The third-order valence-electron chi connectivity index (χ3n) is 3.36. The van der Waals surface area contributed by atoms with Gasteiger partial charge in [0.1, 0.15) is 5.52 Å². The highest BCUT2D eigenvalue weighted by Crippen LogP contribution is 2.22. The summed E-state index contributed by atoms with van der Waals surface area (Å²) in [5, 5.41) is 0.328.